The van der Waals surface area contributed by atoms with E-state index in [1.54, 1.807) is 0 Å². The van der Waals surface area contributed by atoms with Crippen molar-refractivity contribution in [2.75, 3.05) is 26.3 Å². The first-order valence-corrected chi connectivity index (χ1v) is 6.46. The zero-order valence-corrected chi connectivity index (χ0v) is 10.7. The van der Waals surface area contributed by atoms with Crippen molar-refractivity contribution in [3.8, 4) is 0 Å². The van der Waals surface area contributed by atoms with Gasteiger partial charge in [-0.05, 0) is 25.8 Å². The molecule has 0 heterocycles. The highest BCUT2D eigenvalue weighted by molar-refractivity contribution is 5.75. The van der Waals surface area contributed by atoms with Crippen molar-refractivity contribution < 1.29 is 9.53 Å². The fourth-order valence-electron chi connectivity index (χ4n) is 1.40. The molecule has 0 saturated heterocycles. The number of ether oxygens (including phenoxy) is 1. The summed E-state index contributed by atoms with van der Waals surface area (Å²) in [4.78, 5) is 11.4. The Morgan fingerprint density at radius 1 is 1.24 bits per heavy atom. The number of carbonyl (C=O) groups excluding carboxylic acids is 1. The molecule has 0 fully saturated rings. The van der Waals surface area contributed by atoms with Gasteiger partial charge in [-0.25, -0.2) is 0 Å². The zero-order valence-electron chi connectivity index (χ0n) is 10.7. The van der Waals surface area contributed by atoms with Gasteiger partial charge in [0.15, 0.2) is 0 Å². The lowest BCUT2D eigenvalue weighted by molar-refractivity contribution is -0.121. The fourth-order valence-corrected chi connectivity index (χ4v) is 1.40. The van der Waals surface area contributed by atoms with Gasteiger partial charge in [0, 0.05) is 13.0 Å². The summed E-state index contributed by atoms with van der Waals surface area (Å²) in [5.74, 6) is 0.116. The highest BCUT2D eigenvalue weighted by Crippen LogP contribution is 2.01. The molecular formula is C13H26N2O2. The van der Waals surface area contributed by atoms with Gasteiger partial charge in [-0.15, -0.1) is 6.58 Å². The van der Waals surface area contributed by atoms with Gasteiger partial charge >= 0.3 is 0 Å². The summed E-state index contributed by atoms with van der Waals surface area (Å²) >= 11 is 0. The summed E-state index contributed by atoms with van der Waals surface area (Å²) < 4.78 is 5.28. The number of nitrogens with one attached hydrogen (secondary N) is 1. The summed E-state index contributed by atoms with van der Waals surface area (Å²) in [6.45, 7) is 6.20. The highest BCUT2D eigenvalue weighted by atomic mass is 16.5. The molecule has 0 rings (SSSR count). The third-order valence-electron chi connectivity index (χ3n) is 2.39. The van der Waals surface area contributed by atoms with Crippen molar-refractivity contribution in [1.82, 2.24) is 5.32 Å². The van der Waals surface area contributed by atoms with Crippen LogP contribution in [0.2, 0.25) is 0 Å². The third-order valence-corrected chi connectivity index (χ3v) is 2.39. The Labute approximate surface area is 105 Å². The molecule has 0 bridgehead atoms. The van der Waals surface area contributed by atoms with Crippen LogP contribution in [0, 0.1) is 0 Å². The second kappa shape index (κ2) is 13.2. The molecule has 100 valence electrons. The van der Waals surface area contributed by atoms with Crippen LogP contribution < -0.4 is 11.1 Å². The van der Waals surface area contributed by atoms with Crippen molar-refractivity contribution in [3.05, 3.63) is 12.7 Å². The lowest BCUT2D eigenvalue weighted by atomic mass is 10.1. The van der Waals surface area contributed by atoms with Crippen LogP contribution in [-0.4, -0.2) is 32.2 Å². The normalized spacial score (nSPS) is 10.2. The van der Waals surface area contributed by atoms with Gasteiger partial charge in [-0.3, -0.25) is 4.79 Å². The predicted molar refractivity (Wildman–Crippen MR) is 70.8 cm³/mol. The molecule has 4 nitrogen and oxygen atoms in total. The van der Waals surface area contributed by atoms with E-state index in [0.29, 0.717) is 26.2 Å². The van der Waals surface area contributed by atoms with Gasteiger partial charge in [0.1, 0.15) is 0 Å². The van der Waals surface area contributed by atoms with E-state index >= 15 is 0 Å². The van der Waals surface area contributed by atoms with E-state index in [9.17, 15) is 4.79 Å². The number of hydrogen-bond donors (Lipinski definition) is 2. The van der Waals surface area contributed by atoms with Crippen molar-refractivity contribution in [3.63, 3.8) is 0 Å². The molecule has 0 spiro atoms. The van der Waals surface area contributed by atoms with Gasteiger partial charge in [-0.1, -0.05) is 18.9 Å². The minimum Gasteiger partial charge on any atom is -0.379 e. The number of unbranched alkanes of at least 4 members (excludes halogenated alkanes) is 3. The maximum atomic E-state index is 11.4. The van der Waals surface area contributed by atoms with Gasteiger partial charge in [0.2, 0.25) is 5.91 Å². The summed E-state index contributed by atoms with van der Waals surface area (Å²) in [7, 11) is 0. The zero-order chi connectivity index (χ0) is 12.8. The summed E-state index contributed by atoms with van der Waals surface area (Å²) in [6.07, 6.45) is 7.49. The lowest BCUT2D eigenvalue weighted by Gasteiger charge is -2.05. The maximum Gasteiger partial charge on any atom is 0.220 e. The van der Waals surface area contributed by atoms with E-state index in [4.69, 9.17) is 10.5 Å². The summed E-state index contributed by atoms with van der Waals surface area (Å²) in [5.41, 5.74) is 5.39. The Morgan fingerprint density at radius 3 is 2.71 bits per heavy atom. The van der Waals surface area contributed by atoms with Crippen LogP contribution in [0.4, 0.5) is 0 Å². The van der Waals surface area contributed by atoms with E-state index in [1.807, 2.05) is 6.08 Å². The van der Waals surface area contributed by atoms with Crippen molar-refractivity contribution in [1.29, 1.82) is 0 Å². The molecule has 0 aliphatic rings. The molecule has 0 atom stereocenters. The number of carbonyl (C=O) groups is 1. The van der Waals surface area contributed by atoms with Crippen LogP contribution in [0.1, 0.15) is 38.5 Å². The first kappa shape index (κ1) is 16.1. The van der Waals surface area contributed by atoms with E-state index in [0.717, 1.165) is 38.6 Å². The monoisotopic (exact) mass is 242 g/mol. The number of rotatable bonds is 12. The Balaban J connectivity index is 3.14. The molecule has 0 aliphatic heterocycles. The van der Waals surface area contributed by atoms with Gasteiger partial charge in [0.05, 0.1) is 13.2 Å². The van der Waals surface area contributed by atoms with E-state index < -0.39 is 0 Å². The van der Waals surface area contributed by atoms with Crippen LogP contribution in [0.5, 0.6) is 0 Å². The molecule has 0 aromatic rings. The highest BCUT2D eigenvalue weighted by Gasteiger charge is 1.99. The largest absolute Gasteiger partial charge is 0.379 e. The molecule has 17 heavy (non-hydrogen) atoms. The topological polar surface area (TPSA) is 64.3 Å². The molecule has 0 radical (unpaired) electrons. The lowest BCUT2D eigenvalue weighted by Crippen LogP contribution is -2.27. The molecule has 0 saturated carbocycles. The van der Waals surface area contributed by atoms with Crippen LogP contribution in [0.3, 0.4) is 0 Å². The standard InChI is InChI=1S/C13H26N2O2/c1-2-3-11-17-12-10-15-13(16)8-6-4-5-7-9-14/h2H,1,3-12,14H2,(H,15,16). The molecule has 0 unspecified atom stereocenters. The fraction of sp³-hybridized carbons (Fsp3) is 0.769. The number of amides is 1. The van der Waals surface area contributed by atoms with Crippen LogP contribution in [0.25, 0.3) is 0 Å². The number of nitrogens with two attached hydrogens (primary N) is 1. The third kappa shape index (κ3) is 13.1. The van der Waals surface area contributed by atoms with E-state index in [-0.39, 0.29) is 5.91 Å². The predicted octanol–water partition coefficient (Wildman–Crippen LogP) is 1.60. The summed E-state index contributed by atoms with van der Waals surface area (Å²) in [6, 6.07) is 0. The molecular weight excluding hydrogens is 216 g/mol. The molecule has 0 aromatic carbocycles. The second-order valence-electron chi connectivity index (χ2n) is 3.99. The van der Waals surface area contributed by atoms with Crippen LogP contribution >= 0.6 is 0 Å². The van der Waals surface area contributed by atoms with Crippen molar-refractivity contribution >= 4 is 5.91 Å². The maximum absolute atomic E-state index is 11.4. The quantitative estimate of drug-likeness (QED) is 0.403. The molecule has 3 N–H and O–H groups in total. The molecule has 0 aliphatic carbocycles. The average molecular weight is 242 g/mol. The number of hydrogen-bond acceptors (Lipinski definition) is 3. The second-order valence-corrected chi connectivity index (χ2v) is 3.99. The van der Waals surface area contributed by atoms with Gasteiger partial charge < -0.3 is 15.8 Å². The SMILES string of the molecule is C=CCCOCCNC(=O)CCCCCCN. The Bertz CT molecular complexity index is 196. The van der Waals surface area contributed by atoms with E-state index in [2.05, 4.69) is 11.9 Å². The summed E-state index contributed by atoms with van der Waals surface area (Å²) in [5, 5.41) is 2.84. The van der Waals surface area contributed by atoms with Crippen molar-refractivity contribution in [2.24, 2.45) is 5.73 Å². The van der Waals surface area contributed by atoms with Crippen LogP contribution in [-0.2, 0) is 9.53 Å². The molecule has 1 amide bonds. The Morgan fingerprint density at radius 2 is 2.00 bits per heavy atom. The Hall–Kier alpha value is -0.870. The average Bonchev–Trinajstić information content (AvgIpc) is 2.33. The minimum atomic E-state index is 0.116. The van der Waals surface area contributed by atoms with E-state index in [1.165, 1.54) is 0 Å². The molecule has 0 aromatic heterocycles. The van der Waals surface area contributed by atoms with Gasteiger partial charge in [-0.2, -0.15) is 0 Å². The van der Waals surface area contributed by atoms with Gasteiger partial charge in [0.25, 0.3) is 0 Å². The molecule has 4 heteroatoms. The van der Waals surface area contributed by atoms with Crippen molar-refractivity contribution in [2.45, 2.75) is 38.5 Å². The Kier molecular flexibility index (Phi) is 12.5. The minimum absolute atomic E-state index is 0.116. The van der Waals surface area contributed by atoms with Crippen LogP contribution in [0.15, 0.2) is 12.7 Å². The smallest absolute Gasteiger partial charge is 0.220 e. The first-order chi connectivity index (χ1) is 8.31. The first-order valence-electron chi connectivity index (χ1n) is 6.46.